The third-order valence-corrected chi connectivity index (χ3v) is 3.22. The molecule has 100 valence electrons. The standard InChI is InChI=1S/C14H16ClN3O/c1-10(13-8-16-18(2)9-13)17-14(19)12-5-3-4-11(6-12)7-15/h3-6,8-10H,7H2,1-2H3,(H,17,19). The Morgan fingerprint density at radius 1 is 1.53 bits per heavy atom. The second-order valence-electron chi connectivity index (χ2n) is 4.48. The molecule has 1 atom stereocenters. The molecule has 1 N–H and O–H groups in total. The molecule has 0 fully saturated rings. The molecule has 0 aliphatic rings. The van der Waals surface area contributed by atoms with Gasteiger partial charge < -0.3 is 5.32 Å². The summed E-state index contributed by atoms with van der Waals surface area (Å²) in [7, 11) is 1.85. The molecule has 2 aromatic rings. The maximum atomic E-state index is 12.1. The van der Waals surface area contributed by atoms with Crippen LogP contribution in [0.1, 0.15) is 34.5 Å². The van der Waals surface area contributed by atoms with Crippen molar-refractivity contribution in [2.45, 2.75) is 18.8 Å². The number of hydrogen-bond acceptors (Lipinski definition) is 2. The second kappa shape index (κ2) is 5.89. The minimum Gasteiger partial charge on any atom is -0.345 e. The molecule has 0 radical (unpaired) electrons. The number of nitrogens with one attached hydrogen (secondary N) is 1. The van der Waals surface area contributed by atoms with Crippen LogP contribution in [0.2, 0.25) is 0 Å². The molecule has 0 saturated carbocycles. The van der Waals surface area contributed by atoms with Crippen molar-refractivity contribution in [2.24, 2.45) is 7.05 Å². The van der Waals surface area contributed by atoms with Gasteiger partial charge in [-0.2, -0.15) is 5.10 Å². The Morgan fingerprint density at radius 3 is 2.95 bits per heavy atom. The summed E-state index contributed by atoms with van der Waals surface area (Å²) < 4.78 is 1.71. The number of hydrogen-bond donors (Lipinski definition) is 1. The van der Waals surface area contributed by atoms with Gasteiger partial charge in [0, 0.05) is 30.3 Å². The van der Waals surface area contributed by atoms with E-state index in [1.165, 1.54) is 0 Å². The number of halogens is 1. The molecule has 1 amide bonds. The zero-order valence-electron chi connectivity index (χ0n) is 10.9. The summed E-state index contributed by atoms with van der Waals surface area (Å²) in [6.45, 7) is 1.93. The first-order valence-electron chi connectivity index (χ1n) is 6.04. The van der Waals surface area contributed by atoms with Gasteiger partial charge in [-0.15, -0.1) is 11.6 Å². The zero-order chi connectivity index (χ0) is 13.8. The van der Waals surface area contributed by atoms with E-state index >= 15 is 0 Å². The van der Waals surface area contributed by atoms with E-state index in [0.717, 1.165) is 11.1 Å². The SMILES string of the molecule is CC(NC(=O)c1cccc(CCl)c1)c1cnn(C)c1. The lowest BCUT2D eigenvalue weighted by atomic mass is 10.1. The van der Waals surface area contributed by atoms with E-state index < -0.39 is 0 Å². The maximum absolute atomic E-state index is 12.1. The number of aromatic nitrogens is 2. The van der Waals surface area contributed by atoms with Crippen molar-refractivity contribution in [3.63, 3.8) is 0 Å². The molecule has 1 heterocycles. The van der Waals surface area contributed by atoms with Gasteiger partial charge in [0.25, 0.3) is 5.91 Å². The maximum Gasteiger partial charge on any atom is 0.251 e. The summed E-state index contributed by atoms with van der Waals surface area (Å²) in [5.41, 5.74) is 2.53. The first kappa shape index (κ1) is 13.6. The molecular weight excluding hydrogens is 262 g/mol. The summed E-state index contributed by atoms with van der Waals surface area (Å²) >= 11 is 5.77. The van der Waals surface area contributed by atoms with E-state index in [1.54, 1.807) is 23.0 Å². The van der Waals surface area contributed by atoms with Crippen LogP contribution >= 0.6 is 11.6 Å². The summed E-state index contributed by atoms with van der Waals surface area (Å²) in [6, 6.07) is 7.23. The van der Waals surface area contributed by atoms with Gasteiger partial charge in [0.1, 0.15) is 0 Å². The van der Waals surface area contributed by atoms with Gasteiger partial charge in [0.2, 0.25) is 0 Å². The van der Waals surface area contributed by atoms with Gasteiger partial charge >= 0.3 is 0 Å². The van der Waals surface area contributed by atoms with Crippen LogP contribution in [0.25, 0.3) is 0 Å². The third kappa shape index (κ3) is 3.35. The Bertz CT molecular complexity index is 580. The van der Waals surface area contributed by atoms with Crippen LogP contribution in [-0.4, -0.2) is 15.7 Å². The second-order valence-corrected chi connectivity index (χ2v) is 4.74. The fraction of sp³-hybridized carbons (Fsp3) is 0.286. The van der Waals surface area contributed by atoms with Crippen LogP contribution in [0.4, 0.5) is 0 Å². The number of alkyl halides is 1. The molecule has 0 saturated heterocycles. The predicted molar refractivity (Wildman–Crippen MR) is 75.1 cm³/mol. The monoisotopic (exact) mass is 277 g/mol. The molecule has 0 aliphatic heterocycles. The molecule has 0 aliphatic carbocycles. The van der Waals surface area contributed by atoms with E-state index in [-0.39, 0.29) is 11.9 Å². The van der Waals surface area contributed by atoms with Crippen molar-refractivity contribution in [1.29, 1.82) is 0 Å². The fourth-order valence-electron chi connectivity index (χ4n) is 1.82. The zero-order valence-corrected chi connectivity index (χ0v) is 11.7. The summed E-state index contributed by atoms with van der Waals surface area (Å²) in [4.78, 5) is 12.1. The molecule has 2 rings (SSSR count). The Kier molecular flexibility index (Phi) is 4.22. The normalized spacial score (nSPS) is 12.2. The average Bonchev–Trinajstić information content (AvgIpc) is 2.85. The number of nitrogens with zero attached hydrogens (tertiary/aromatic N) is 2. The van der Waals surface area contributed by atoms with Gasteiger partial charge in [0.05, 0.1) is 12.2 Å². The average molecular weight is 278 g/mol. The Labute approximate surface area is 117 Å². The van der Waals surface area contributed by atoms with Crippen LogP contribution < -0.4 is 5.32 Å². The van der Waals surface area contributed by atoms with Gasteiger partial charge in [-0.25, -0.2) is 0 Å². The quantitative estimate of drug-likeness (QED) is 0.874. The van der Waals surface area contributed by atoms with Crippen LogP contribution in [0.15, 0.2) is 36.7 Å². The largest absolute Gasteiger partial charge is 0.345 e. The molecule has 5 heteroatoms. The first-order valence-corrected chi connectivity index (χ1v) is 6.58. The van der Waals surface area contributed by atoms with Crippen LogP contribution in [0, 0.1) is 0 Å². The van der Waals surface area contributed by atoms with Crippen molar-refractivity contribution in [3.8, 4) is 0 Å². The number of carbonyl (C=O) groups excluding carboxylic acids is 1. The lowest BCUT2D eigenvalue weighted by Gasteiger charge is -2.12. The lowest BCUT2D eigenvalue weighted by Crippen LogP contribution is -2.26. The minimum absolute atomic E-state index is 0.0825. The van der Waals surface area contributed by atoms with Gasteiger partial charge in [-0.3, -0.25) is 9.48 Å². The van der Waals surface area contributed by atoms with Crippen LogP contribution in [0.3, 0.4) is 0 Å². The lowest BCUT2D eigenvalue weighted by molar-refractivity contribution is 0.0940. The molecule has 1 aromatic heterocycles. The fourth-order valence-corrected chi connectivity index (χ4v) is 1.99. The molecule has 1 aromatic carbocycles. The number of aryl methyl sites for hydroxylation is 1. The van der Waals surface area contributed by atoms with Crippen molar-refractivity contribution in [1.82, 2.24) is 15.1 Å². The highest BCUT2D eigenvalue weighted by Gasteiger charge is 2.12. The first-order chi connectivity index (χ1) is 9.10. The van der Waals surface area contributed by atoms with Crippen LogP contribution in [0.5, 0.6) is 0 Å². The molecule has 0 bridgehead atoms. The summed E-state index contributed by atoms with van der Waals surface area (Å²) in [5.74, 6) is 0.294. The van der Waals surface area contributed by atoms with Gasteiger partial charge in [-0.05, 0) is 24.6 Å². The van der Waals surface area contributed by atoms with Crippen molar-refractivity contribution < 1.29 is 4.79 Å². The summed E-state index contributed by atoms with van der Waals surface area (Å²) in [6.07, 6.45) is 3.64. The van der Waals surface area contributed by atoms with Crippen molar-refractivity contribution in [2.75, 3.05) is 0 Å². The van der Waals surface area contributed by atoms with E-state index in [1.807, 2.05) is 32.3 Å². The van der Waals surface area contributed by atoms with E-state index in [9.17, 15) is 4.79 Å². The number of amides is 1. The van der Waals surface area contributed by atoms with Gasteiger partial charge in [0.15, 0.2) is 0 Å². The van der Waals surface area contributed by atoms with E-state index in [4.69, 9.17) is 11.6 Å². The number of carbonyl (C=O) groups is 1. The van der Waals surface area contributed by atoms with Crippen molar-refractivity contribution in [3.05, 3.63) is 53.3 Å². The third-order valence-electron chi connectivity index (χ3n) is 2.92. The Hall–Kier alpha value is -1.81. The topological polar surface area (TPSA) is 46.9 Å². The van der Waals surface area contributed by atoms with Gasteiger partial charge in [-0.1, -0.05) is 12.1 Å². The van der Waals surface area contributed by atoms with E-state index in [2.05, 4.69) is 10.4 Å². The highest BCUT2D eigenvalue weighted by molar-refractivity contribution is 6.17. The Balaban J connectivity index is 2.08. The van der Waals surface area contributed by atoms with E-state index in [0.29, 0.717) is 11.4 Å². The highest BCUT2D eigenvalue weighted by atomic mass is 35.5. The predicted octanol–water partition coefficient (Wildman–Crippen LogP) is 2.65. The van der Waals surface area contributed by atoms with Crippen molar-refractivity contribution >= 4 is 17.5 Å². The summed E-state index contributed by atoms with van der Waals surface area (Å²) in [5, 5.41) is 7.03. The Morgan fingerprint density at radius 2 is 2.32 bits per heavy atom. The molecule has 0 spiro atoms. The number of benzene rings is 1. The smallest absolute Gasteiger partial charge is 0.251 e. The highest BCUT2D eigenvalue weighted by Crippen LogP contribution is 2.13. The molecule has 1 unspecified atom stereocenters. The number of rotatable bonds is 4. The molecular formula is C14H16ClN3O. The molecule has 4 nitrogen and oxygen atoms in total. The molecule has 19 heavy (non-hydrogen) atoms. The van der Waals surface area contributed by atoms with Crippen LogP contribution in [-0.2, 0) is 12.9 Å². The minimum atomic E-state index is -0.108.